The molecular weight excluding hydrogens is 253 g/mol. The molecule has 1 fully saturated rings. The second-order valence-corrected chi connectivity index (χ2v) is 6.26. The largest absolute Gasteiger partial charge is 0.316 e. The van der Waals surface area contributed by atoms with E-state index in [0.717, 1.165) is 44.5 Å². The van der Waals surface area contributed by atoms with Crippen molar-refractivity contribution < 1.29 is 4.39 Å². The highest BCUT2D eigenvalue weighted by atomic mass is 19.1. The van der Waals surface area contributed by atoms with E-state index < -0.39 is 5.67 Å². The monoisotopic (exact) mass is 281 g/mol. The Kier molecular flexibility index (Phi) is 5.19. The van der Waals surface area contributed by atoms with Crippen LogP contribution in [0.4, 0.5) is 4.39 Å². The number of piperidine rings is 1. The lowest BCUT2D eigenvalue weighted by atomic mass is 9.82. The van der Waals surface area contributed by atoms with E-state index in [2.05, 4.69) is 24.3 Å². The molecule has 2 unspecified atom stereocenters. The van der Waals surface area contributed by atoms with Gasteiger partial charge in [-0.3, -0.25) is 4.68 Å². The van der Waals surface area contributed by atoms with Crippen LogP contribution < -0.4 is 5.32 Å². The van der Waals surface area contributed by atoms with E-state index in [1.807, 2.05) is 16.9 Å². The molecule has 4 heteroatoms. The molecule has 0 amide bonds. The lowest BCUT2D eigenvalue weighted by molar-refractivity contribution is 0.0821. The van der Waals surface area contributed by atoms with E-state index in [1.165, 1.54) is 0 Å². The number of nitrogens with zero attached hydrogens (tertiary/aromatic N) is 2. The van der Waals surface area contributed by atoms with Gasteiger partial charge in [0.1, 0.15) is 5.67 Å². The van der Waals surface area contributed by atoms with Crippen LogP contribution in [0.5, 0.6) is 0 Å². The SMILES string of the molecule is CCC(CC)n1ccc(CC(C)(F)C2CCCNC2)n1. The third-order valence-corrected chi connectivity index (χ3v) is 4.66. The molecule has 2 atom stereocenters. The number of alkyl halides is 1. The normalized spacial score (nSPS) is 22.9. The zero-order valence-corrected chi connectivity index (χ0v) is 13.0. The Bertz CT molecular complexity index is 404. The minimum absolute atomic E-state index is 0.106. The van der Waals surface area contributed by atoms with Crippen LogP contribution in [0.15, 0.2) is 12.3 Å². The second-order valence-electron chi connectivity index (χ2n) is 6.26. The van der Waals surface area contributed by atoms with Crippen molar-refractivity contribution in [2.24, 2.45) is 5.92 Å². The number of nitrogens with one attached hydrogen (secondary N) is 1. The Morgan fingerprint density at radius 2 is 2.25 bits per heavy atom. The van der Waals surface area contributed by atoms with Crippen LogP contribution in [0, 0.1) is 5.92 Å². The lowest BCUT2D eigenvalue weighted by Gasteiger charge is -2.33. The molecule has 114 valence electrons. The van der Waals surface area contributed by atoms with Crippen molar-refractivity contribution in [2.45, 2.75) is 64.6 Å². The maximum atomic E-state index is 14.9. The van der Waals surface area contributed by atoms with Gasteiger partial charge in [-0.25, -0.2) is 4.39 Å². The Labute approximate surface area is 121 Å². The average Bonchev–Trinajstić information content (AvgIpc) is 2.89. The van der Waals surface area contributed by atoms with Crippen LogP contribution in [0.25, 0.3) is 0 Å². The molecule has 1 aromatic rings. The Hall–Kier alpha value is -0.900. The van der Waals surface area contributed by atoms with Gasteiger partial charge in [0.15, 0.2) is 0 Å². The smallest absolute Gasteiger partial charge is 0.117 e. The molecule has 2 heterocycles. The molecule has 20 heavy (non-hydrogen) atoms. The van der Waals surface area contributed by atoms with Gasteiger partial charge in [-0.1, -0.05) is 13.8 Å². The summed E-state index contributed by atoms with van der Waals surface area (Å²) in [5.41, 5.74) is -0.284. The van der Waals surface area contributed by atoms with Crippen LogP contribution >= 0.6 is 0 Å². The van der Waals surface area contributed by atoms with Crippen molar-refractivity contribution in [3.05, 3.63) is 18.0 Å². The second kappa shape index (κ2) is 6.70. The van der Waals surface area contributed by atoms with Gasteiger partial charge in [0.05, 0.1) is 11.7 Å². The summed E-state index contributed by atoms with van der Waals surface area (Å²) in [6.07, 6.45) is 6.61. The fraction of sp³-hybridized carbons (Fsp3) is 0.812. The lowest BCUT2D eigenvalue weighted by Crippen LogP contribution is -2.42. The third kappa shape index (κ3) is 3.60. The standard InChI is InChI=1S/C16H28FN3/c1-4-15(5-2)20-10-8-14(19-20)11-16(3,17)13-7-6-9-18-12-13/h8,10,13,15,18H,4-7,9,11-12H2,1-3H3. The van der Waals surface area contributed by atoms with Gasteiger partial charge in [-0.15, -0.1) is 0 Å². The molecule has 0 spiro atoms. The van der Waals surface area contributed by atoms with Gasteiger partial charge >= 0.3 is 0 Å². The molecule has 0 aromatic carbocycles. The molecule has 2 rings (SSSR count). The summed E-state index contributed by atoms with van der Waals surface area (Å²) in [5.74, 6) is 0.106. The summed E-state index contributed by atoms with van der Waals surface area (Å²) in [6, 6.07) is 2.41. The minimum atomic E-state index is -1.17. The quantitative estimate of drug-likeness (QED) is 0.864. The Morgan fingerprint density at radius 3 is 2.85 bits per heavy atom. The van der Waals surface area contributed by atoms with E-state index in [0.29, 0.717) is 12.5 Å². The van der Waals surface area contributed by atoms with Crippen LogP contribution in [-0.4, -0.2) is 28.5 Å². The van der Waals surface area contributed by atoms with Crippen LogP contribution in [0.3, 0.4) is 0 Å². The molecule has 0 aliphatic carbocycles. The first kappa shape index (κ1) is 15.5. The molecule has 1 aliphatic rings. The Balaban J connectivity index is 2.01. The summed E-state index contributed by atoms with van der Waals surface area (Å²) in [5, 5.41) is 7.89. The van der Waals surface area contributed by atoms with Crippen molar-refractivity contribution >= 4 is 0 Å². The van der Waals surface area contributed by atoms with E-state index >= 15 is 0 Å². The van der Waals surface area contributed by atoms with Crippen molar-refractivity contribution in [1.82, 2.24) is 15.1 Å². The molecule has 0 bridgehead atoms. The molecular formula is C16H28FN3. The number of hydrogen-bond acceptors (Lipinski definition) is 2. The number of rotatable bonds is 6. The van der Waals surface area contributed by atoms with Gasteiger partial charge in [0.2, 0.25) is 0 Å². The van der Waals surface area contributed by atoms with Crippen LogP contribution in [-0.2, 0) is 6.42 Å². The summed E-state index contributed by atoms with van der Waals surface area (Å²) in [4.78, 5) is 0. The molecule has 0 saturated carbocycles. The Morgan fingerprint density at radius 1 is 1.50 bits per heavy atom. The fourth-order valence-electron chi connectivity index (χ4n) is 3.20. The summed E-state index contributed by atoms with van der Waals surface area (Å²) in [6.45, 7) is 7.89. The van der Waals surface area contributed by atoms with E-state index in [-0.39, 0.29) is 5.92 Å². The highest BCUT2D eigenvalue weighted by Crippen LogP contribution is 2.31. The van der Waals surface area contributed by atoms with Crippen molar-refractivity contribution in [3.8, 4) is 0 Å². The van der Waals surface area contributed by atoms with Gasteiger partial charge in [0.25, 0.3) is 0 Å². The van der Waals surface area contributed by atoms with Crippen molar-refractivity contribution in [1.29, 1.82) is 0 Å². The van der Waals surface area contributed by atoms with Crippen molar-refractivity contribution in [2.75, 3.05) is 13.1 Å². The van der Waals surface area contributed by atoms with E-state index in [4.69, 9.17) is 0 Å². The summed E-state index contributed by atoms with van der Waals surface area (Å²) >= 11 is 0. The average molecular weight is 281 g/mol. The molecule has 1 aliphatic heterocycles. The van der Waals surface area contributed by atoms with Gasteiger partial charge in [0, 0.05) is 25.1 Å². The molecule has 1 aromatic heterocycles. The van der Waals surface area contributed by atoms with Gasteiger partial charge in [-0.2, -0.15) is 5.10 Å². The molecule has 0 radical (unpaired) electrons. The maximum Gasteiger partial charge on any atom is 0.117 e. The number of halogens is 1. The van der Waals surface area contributed by atoms with Gasteiger partial charge < -0.3 is 5.32 Å². The molecule has 1 saturated heterocycles. The molecule has 3 nitrogen and oxygen atoms in total. The highest BCUT2D eigenvalue weighted by molar-refractivity contribution is 5.06. The summed E-state index contributed by atoms with van der Waals surface area (Å²) < 4.78 is 17.0. The first-order chi connectivity index (χ1) is 9.56. The van der Waals surface area contributed by atoms with Crippen molar-refractivity contribution in [3.63, 3.8) is 0 Å². The first-order valence-electron chi connectivity index (χ1n) is 8.00. The zero-order chi connectivity index (χ0) is 14.6. The van der Waals surface area contributed by atoms with E-state index in [1.54, 1.807) is 6.92 Å². The van der Waals surface area contributed by atoms with E-state index in [9.17, 15) is 4.39 Å². The fourth-order valence-corrected chi connectivity index (χ4v) is 3.20. The van der Waals surface area contributed by atoms with Crippen LogP contribution in [0.2, 0.25) is 0 Å². The number of aromatic nitrogens is 2. The maximum absolute atomic E-state index is 14.9. The number of hydrogen-bond donors (Lipinski definition) is 1. The predicted molar refractivity (Wildman–Crippen MR) is 80.7 cm³/mol. The topological polar surface area (TPSA) is 29.9 Å². The highest BCUT2D eigenvalue weighted by Gasteiger charge is 2.35. The first-order valence-corrected chi connectivity index (χ1v) is 8.00. The predicted octanol–water partition coefficient (Wildman–Crippen LogP) is 3.51. The van der Waals surface area contributed by atoms with Crippen LogP contribution in [0.1, 0.15) is 58.2 Å². The van der Waals surface area contributed by atoms with Gasteiger partial charge in [-0.05, 0) is 45.2 Å². The zero-order valence-electron chi connectivity index (χ0n) is 13.0. The minimum Gasteiger partial charge on any atom is -0.316 e. The molecule has 1 N–H and O–H groups in total. The third-order valence-electron chi connectivity index (χ3n) is 4.66. The summed E-state index contributed by atoms with van der Waals surface area (Å²) in [7, 11) is 0.